The van der Waals surface area contributed by atoms with Crippen LogP contribution in [-0.4, -0.2) is 36.3 Å². The van der Waals surface area contributed by atoms with E-state index in [0.717, 1.165) is 31.2 Å². The summed E-state index contributed by atoms with van der Waals surface area (Å²) in [6, 6.07) is 7.56. The molecule has 23 heavy (non-hydrogen) atoms. The van der Waals surface area contributed by atoms with Crippen molar-refractivity contribution in [1.29, 1.82) is 0 Å². The quantitative estimate of drug-likeness (QED) is 0.940. The molecule has 0 amide bonds. The number of ether oxygens (including phenoxy) is 1. The van der Waals surface area contributed by atoms with Crippen molar-refractivity contribution in [1.82, 2.24) is 9.97 Å². The average Bonchev–Trinajstić information content (AvgIpc) is 2.56. The van der Waals surface area contributed by atoms with Gasteiger partial charge >= 0.3 is 6.18 Å². The second kappa shape index (κ2) is 6.41. The van der Waals surface area contributed by atoms with Crippen molar-refractivity contribution in [3.05, 3.63) is 42.2 Å². The Morgan fingerprint density at radius 3 is 2.17 bits per heavy atom. The van der Waals surface area contributed by atoms with Crippen LogP contribution in [0.25, 0.3) is 0 Å². The van der Waals surface area contributed by atoms with Crippen LogP contribution in [0.5, 0.6) is 0 Å². The van der Waals surface area contributed by atoms with E-state index >= 15 is 0 Å². The molecule has 1 aliphatic heterocycles. The fourth-order valence-electron chi connectivity index (χ4n) is 2.25. The number of nitrogens with one attached hydrogen (secondary N) is 1. The highest BCUT2D eigenvalue weighted by Crippen LogP contribution is 2.28. The summed E-state index contributed by atoms with van der Waals surface area (Å²) in [5.41, 5.74) is 0.916. The van der Waals surface area contributed by atoms with Crippen LogP contribution in [0.1, 0.15) is 5.56 Å². The molecule has 1 aliphatic rings. The van der Waals surface area contributed by atoms with E-state index < -0.39 is 11.7 Å². The van der Waals surface area contributed by atoms with Crippen molar-refractivity contribution >= 4 is 17.3 Å². The van der Waals surface area contributed by atoms with E-state index in [1.165, 1.54) is 0 Å². The van der Waals surface area contributed by atoms with Crippen molar-refractivity contribution in [2.45, 2.75) is 6.18 Å². The number of alkyl halides is 3. The average molecular weight is 324 g/mol. The Hall–Kier alpha value is -2.35. The van der Waals surface area contributed by atoms with Crippen molar-refractivity contribution in [3.63, 3.8) is 0 Å². The SMILES string of the molecule is FC(F)(F)c1cnc(Nc2ccc(N3CCOCC3)cc2)nc1. The monoisotopic (exact) mass is 324 g/mol. The molecule has 1 aromatic carbocycles. The fourth-order valence-corrected chi connectivity index (χ4v) is 2.25. The molecule has 0 spiro atoms. The van der Waals surface area contributed by atoms with Crippen molar-refractivity contribution in [2.75, 3.05) is 36.5 Å². The lowest BCUT2D eigenvalue weighted by Crippen LogP contribution is -2.36. The minimum Gasteiger partial charge on any atom is -0.378 e. The minimum atomic E-state index is -4.43. The topological polar surface area (TPSA) is 50.3 Å². The molecule has 1 saturated heterocycles. The van der Waals surface area contributed by atoms with Gasteiger partial charge in [0.15, 0.2) is 0 Å². The summed E-state index contributed by atoms with van der Waals surface area (Å²) in [5.74, 6) is 0.122. The molecule has 0 unspecified atom stereocenters. The summed E-state index contributed by atoms with van der Waals surface area (Å²) in [5, 5.41) is 2.88. The molecule has 1 fully saturated rings. The summed E-state index contributed by atoms with van der Waals surface area (Å²) >= 11 is 0. The Balaban J connectivity index is 1.66. The maximum Gasteiger partial charge on any atom is 0.419 e. The molecule has 5 nitrogen and oxygen atoms in total. The number of anilines is 3. The predicted octanol–water partition coefficient (Wildman–Crippen LogP) is 3.08. The van der Waals surface area contributed by atoms with E-state index in [-0.39, 0.29) is 5.95 Å². The van der Waals surface area contributed by atoms with E-state index in [0.29, 0.717) is 18.9 Å². The van der Waals surface area contributed by atoms with Crippen LogP contribution in [0.15, 0.2) is 36.7 Å². The lowest BCUT2D eigenvalue weighted by molar-refractivity contribution is -0.138. The Morgan fingerprint density at radius 1 is 1.00 bits per heavy atom. The maximum atomic E-state index is 12.5. The minimum absolute atomic E-state index is 0.122. The molecule has 8 heteroatoms. The summed E-state index contributed by atoms with van der Waals surface area (Å²) in [6.07, 6.45) is -2.91. The van der Waals surface area contributed by atoms with Gasteiger partial charge in [0.2, 0.25) is 5.95 Å². The van der Waals surface area contributed by atoms with Crippen LogP contribution in [0.3, 0.4) is 0 Å². The first-order valence-electron chi connectivity index (χ1n) is 7.11. The first-order valence-corrected chi connectivity index (χ1v) is 7.11. The third kappa shape index (κ3) is 3.89. The lowest BCUT2D eigenvalue weighted by atomic mass is 10.2. The van der Waals surface area contributed by atoms with Gasteiger partial charge in [0, 0.05) is 36.9 Å². The molecule has 0 aliphatic carbocycles. The van der Waals surface area contributed by atoms with Crippen LogP contribution in [0.4, 0.5) is 30.5 Å². The van der Waals surface area contributed by atoms with Gasteiger partial charge in [-0.15, -0.1) is 0 Å². The van der Waals surface area contributed by atoms with Crippen molar-refractivity contribution in [2.24, 2.45) is 0 Å². The lowest BCUT2D eigenvalue weighted by Gasteiger charge is -2.28. The normalized spacial score (nSPS) is 15.5. The molecule has 0 saturated carbocycles. The van der Waals surface area contributed by atoms with Gasteiger partial charge in [-0.3, -0.25) is 0 Å². The Morgan fingerprint density at radius 2 is 1.61 bits per heavy atom. The van der Waals surface area contributed by atoms with Crippen LogP contribution in [-0.2, 0) is 10.9 Å². The number of hydrogen-bond donors (Lipinski definition) is 1. The van der Waals surface area contributed by atoms with Gasteiger partial charge in [0.1, 0.15) is 0 Å². The third-order valence-electron chi connectivity index (χ3n) is 3.48. The van der Waals surface area contributed by atoms with Crippen LogP contribution >= 0.6 is 0 Å². The summed E-state index contributed by atoms with van der Waals surface area (Å²) in [7, 11) is 0. The molecule has 3 rings (SSSR count). The largest absolute Gasteiger partial charge is 0.419 e. The Kier molecular flexibility index (Phi) is 4.33. The van der Waals surface area contributed by atoms with Crippen molar-refractivity contribution in [3.8, 4) is 0 Å². The van der Waals surface area contributed by atoms with E-state index in [1.807, 2.05) is 24.3 Å². The maximum absolute atomic E-state index is 12.5. The molecular weight excluding hydrogens is 309 g/mol. The second-order valence-corrected chi connectivity index (χ2v) is 5.06. The molecule has 0 bridgehead atoms. The van der Waals surface area contributed by atoms with Gasteiger partial charge in [0.05, 0.1) is 18.8 Å². The highest BCUT2D eigenvalue weighted by atomic mass is 19.4. The molecule has 0 radical (unpaired) electrons. The molecule has 2 heterocycles. The number of aromatic nitrogens is 2. The van der Waals surface area contributed by atoms with Gasteiger partial charge in [-0.2, -0.15) is 13.2 Å². The number of benzene rings is 1. The number of rotatable bonds is 3. The number of halogens is 3. The van der Waals surface area contributed by atoms with Crippen molar-refractivity contribution < 1.29 is 17.9 Å². The first-order chi connectivity index (χ1) is 11.0. The highest BCUT2D eigenvalue weighted by molar-refractivity contribution is 5.59. The Bertz CT molecular complexity index is 637. The molecule has 2 aromatic rings. The van der Waals surface area contributed by atoms with Gasteiger partial charge in [0.25, 0.3) is 0 Å². The number of hydrogen-bond acceptors (Lipinski definition) is 5. The first kappa shape index (κ1) is 15.5. The number of morpholine rings is 1. The third-order valence-corrected chi connectivity index (χ3v) is 3.48. The molecule has 0 atom stereocenters. The van der Waals surface area contributed by atoms with Gasteiger partial charge in [-0.1, -0.05) is 0 Å². The van der Waals surface area contributed by atoms with Gasteiger partial charge < -0.3 is 15.0 Å². The highest BCUT2D eigenvalue weighted by Gasteiger charge is 2.31. The zero-order chi connectivity index (χ0) is 16.3. The van der Waals surface area contributed by atoms with E-state index in [2.05, 4.69) is 20.2 Å². The van der Waals surface area contributed by atoms with E-state index in [4.69, 9.17) is 4.74 Å². The molecular formula is C15H15F3N4O. The van der Waals surface area contributed by atoms with Crippen LogP contribution in [0, 0.1) is 0 Å². The van der Waals surface area contributed by atoms with Crippen LogP contribution < -0.4 is 10.2 Å². The van der Waals surface area contributed by atoms with Crippen LogP contribution in [0.2, 0.25) is 0 Å². The fraction of sp³-hybridized carbons (Fsp3) is 0.333. The Labute approximate surface area is 131 Å². The zero-order valence-corrected chi connectivity index (χ0v) is 12.2. The van der Waals surface area contributed by atoms with Gasteiger partial charge in [-0.05, 0) is 24.3 Å². The summed E-state index contributed by atoms with van der Waals surface area (Å²) in [6.45, 7) is 3.10. The molecule has 122 valence electrons. The van der Waals surface area contributed by atoms with Gasteiger partial charge in [-0.25, -0.2) is 9.97 Å². The summed E-state index contributed by atoms with van der Waals surface area (Å²) < 4.78 is 42.7. The predicted molar refractivity (Wildman–Crippen MR) is 79.8 cm³/mol. The van der Waals surface area contributed by atoms with E-state index in [9.17, 15) is 13.2 Å². The second-order valence-electron chi connectivity index (χ2n) is 5.06. The standard InChI is InChI=1S/C15H15F3N4O/c16-15(17,18)11-9-19-14(20-10-11)21-12-1-3-13(4-2-12)22-5-7-23-8-6-22/h1-4,9-10H,5-8H2,(H,19,20,21). The number of nitrogens with zero attached hydrogens (tertiary/aromatic N) is 3. The van der Waals surface area contributed by atoms with E-state index in [1.54, 1.807) is 0 Å². The zero-order valence-electron chi connectivity index (χ0n) is 12.2. The molecule has 1 N–H and O–H groups in total. The smallest absolute Gasteiger partial charge is 0.378 e. The molecule has 1 aromatic heterocycles. The summed E-state index contributed by atoms with van der Waals surface area (Å²) in [4.78, 5) is 9.58.